The van der Waals surface area contributed by atoms with Crippen LogP contribution in [0.25, 0.3) is 0 Å². The predicted octanol–water partition coefficient (Wildman–Crippen LogP) is 2.65. The van der Waals surface area contributed by atoms with Gasteiger partial charge in [-0.25, -0.2) is 10.3 Å². The third-order valence-corrected chi connectivity index (χ3v) is 2.42. The van der Waals surface area contributed by atoms with E-state index in [2.05, 4.69) is 4.84 Å². The number of benzene rings is 1. The Morgan fingerprint density at radius 1 is 1.50 bits per heavy atom. The Balaban J connectivity index is 3.06. The maximum Gasteiger partial charge on any atom is 0.124 e. The molecule has 1 rings (SSSR count). The first kappa shape index (κ1) is 11.4. The Morgan fingerprint density at radius 3 is 2.64 bits per heavy atom. The minimum absolute atomic E-state index is 0.320. The van der Waals surface area contributed by atoms with E-state index in [-0.39, 0.29) is 11.2 Å². The Kier molecular flexibility index (Phi) is 3.48. The molecule has 0 fully saturated rings. The first-order valence-electron chi connectivity index (χ1n) is 4.24. The molecule has 2 N–H and O–H groups in total. The second-order valence-corrected chi connectivity index (χ2v) is 4.23. The van der Waals surface area contributed by atoms with Crippen molar-refractivity contribution in [2.45, 2.75) is 19.3 Å². The molecule has 0 bridgehead atoms. The van der Waals surface area contributed by atoms with Crippen molar-refractivity contribution in [3.8, 4) is 0 Å². The van der Waals surface area contributed by atoms with Crippen molar-refractivity contribution in [2.75, 3.05) is 6.61 Å². The van der Waals surface area contributed by atoms with Crippen molar-refractivity contribution in [2.24, 2.45) is 5.90 Å². The van der Waals surface area contributed by atoms with Crippen molar-refractivity contribution in [1.82, 2.24) is 0 Å². The van der Waals surface area contributed by atoms with Crippen LogP contribution in [0.4, 0.5) is 4.39 Å². The molecule has 14 heavy (non-hydrogen) atoms. The van der Waals surface area contributed by atoms with Gasteiger partial charge in [-0.1, -0.05) is 31.5 Å². The fourth-order valence-electron chi connectivity index (χ4n) is 1.32. The average Bonchev–Trinajstić information content (AvgIpc) is 2.02. The molecule has 0 aliphatic heterocycles. The van der Waals surface area contributed by atoms with E-state index in [4.69, 9.17) is 17.5 Å². The minimum Gasteiger partial charge on any atom is -0.304 e. The SMILES string of the molecule is CC(C)(CON)c1ccc(F)cc1Cl. The lowest BCUT2D eigenvalue weighted by Crippen LogP contribution is -2.26. The molecule has 2 nitrogen and oxygen atoms in total. The molecule has 1 aromatic rings. The number of hydrogen-bond donors (Lipinski definition) is 1. The van der Waals surface area contributed by atoms with Crippen molar-refractivity contribution in [3.63, 3.8) is 0 Å². The molecule has 0 atom stereocenters. The van der Waals surface area contributed by atoms with Gasteiger partial charge < -0.3 is 4.84 Å². The van der Waals surface area contributed by atoms with Crippen LogP contribution in [0.1, 0.15) is 19.4 Å². The van der Waals surface area contributed by atoms with Crippen LogP contribution in [-0.2, 0) is 10.3 Å². The largest absolute Gasteiger partial charge is 0.304 e. The van der Waals surface area contributed by atoms with Gasteiger partial charge in [0.05, 0.1) is 6.61 Å². The van der Waals surface area contributed by atoms with Gasteiger partial charge in [0.2, 0.25) is 0 Å². The standard InChI is InChI=1S/C10H13ClFNO/c1-10(2,6-14-13)8-4-3-7(12)5-9(8)11/h3-5H,6,13H2,1-2H3. The molecule has 0 radical (unpaired) electrons. The molecule has 0 spiro atoms. The van der Waals surface area contributed by atoms with E-state index in [0.29, 0.717) is 11.6 Å². The highest BCUT2D eigenvalue weighted by molar-refractivity contribution is 6.31. The second-order valence-electron chi connectivity index (χ2n) is 3.82. The first-order chi connectivity index (χ1) is 6.47. The summed E-state index contributed by atoms with van der Waals surface area (Å²) in [6.45, 7) is 4.19. The van der Waals surface area contributed by atoms with Gasteiger partial charge >= 0.3 is 0 Å². The minimum atomic E-state index is -0.344. The van der Waals surface area contributed by atoms with Crippen LogP contribution in [0.3, 0.4) is 0 Å². The smallest absolute Gasteiger partial charge is 0.124 e. The van der Waals surface area contributed by atoms with Gasteiger partial charge in [0.1, 0.15) is 5.82 Å². The number of halogens is 2. The lowest BCUT2D eigenvalue weighted by atomic mass is 9.85. The van der Waals surface area contributed by atoms with Crippen molar-refractivity contribution in [1.29, 1.82) is 0 Å². The fraction of sp³-hybridized carbons (Fsp3) is 0.400. The molecular formula is C10H13ClFNO. The van der Waals surface area contributed by atoms with E-state index in [9.17, 15) is 4.39 Å². The zero-order valence-electron chi connectivity index (χ0n) is 8.18. The third kappa shape index (κ3) is 2.44. The molecule has 0 aliphatic rings. The van der Waals surface area contributed by atoms with E-state index in [1.807, 2.05) is 13.8 Å². The molecule has 0 unspecified atom stereocenters. The van der Waals surface area contributed by atoms with Gasteiger partial charge in [-0.15, -0.1) is 0 Å². The molecule has 0 amide bonds. The van der Waals surface area contributed by atoms with Crippen LogP contribution >= 0.6 is 11.6 Å². The quantitative estimate of drug-likeness (QED) is 0.790. The summed E-state index contributed by atoms with van der Waals surface area (Å²) in [4.78, 5) is 4.59. The van der Waals surface area contributed by atoms with Crippen LogP contribution in [0.2, 0.25) is 5.02 Å². The fourth-order valence-corrected chi connectivity index (χ4v) is 1.75. The summed E-state index contributed by atoms with van der Waals surface area (Å²) in [6.07, 6.45) is 0. The van der Waals surface area contributed by atoms with E-state index < -0.39 is 0 Å². The van der Waals surface area contributed by atoms with Crippen molar-refractivity contribution >= 4 is 11.6 Å². The average molecular weight is 218 g/mol. The Labute approximate surface area is 87.8 Å². The summed E-state index contributed by atoms with van der Waals surface area (Å²) in [5.74, 6) is 4.67. The zero-order chi connectivity index (χ0) is 10.8. The molecule has 4 heteroatoms. The topological polar surface area (TPSA) is 35.2 Å². The van der Waals surface area contributed by atoms with E-state index >= 15 is 0 Å². The van der Waals surface area contributed by atoms with Crippen LogP contribution in [-0.4, -0.2) is 6.61 Å². The lowest BCUT2D eigenvalue weighted by molar-refractivity contribution is 0.0964. The summed E-state index contributed by atoms with van der Waals surface area (Å²) in [5, 5.41) is 0.395. The molecular weight excluding hydrogens is 205 g/mol. The lowest BCUT2D eigenvalue weighted by Gasteiger charge is -2.24. The van der Waals surface area contributed by atoms with Gasteiger partial charge in [0.25, 0.3) is 0 Å². The van der Waals surface area contributed by atoms with Gasteiger partial charge in [-0.2, -0.15) is 0 Å². The molecule has 1 aromatic carbocycles. The predicted molar refractivity (Wildman–Crippen MR) is 54.6 cm³/mol. The van der Waals surface area contributed by atoms with Crippen LogP contribution in [0.15, 0.2) is 18.2 Å². The highest BCUT2D eigenvalue weighted by Gasteiger charge is 2.23. The molecule has 0 saturated heterocycles. The maximum absolute atomic E-state index is 12.8. The van der Waals surface area contributed by atoms with Crippen LogP contribution in [0, 0.1) is 5.82 Å². The van der Waals surface area contributed by atoms with Crippen LogP contribution in [0.5, 0.6) is 0 Å². The molecule has 78 valence electrons. The van der Waals surface area contributed by atoms with E-state index in [0.717, 1.165) is 5.56 Å². The van der Waals surface area contributed by atoms with Gasteiger partial charge in [-0.05, 0) is 17.7 Å². The molecule has 0 saturated carbocycles. The van der Waals surface area contributed by atoms with Crippen LogP contribution < -0.4 is 5.90 Å². The zero-order valence-corrected chi connectivity index (χ0v) is 8.94. The Bertz CT molecular complexity index is 328. The molecule has 0 aromatic heterocycles. The highest BCUT2D eigenvalue weighted by atomic mass is 35.5. The number of nitrogens with two attached hydrogens (primary N) is 1. The summed E-state index contributed by atoms with van der Waals surface area (Å²) in [6, 6.07) is 4.31. The van der Waals surface area contributed by atoms with Gasteiger partial charge in [0, 0.05) is 10.4 Å². The number of hydrogen-bond acceptors (Lipinski definition) is 2. The summed E-state index contributed by atoms with van der Waals surface area (Å²) in [7, 11) is 0. The maximum atomic E-state index is 12.8. The summed E-state index contributed by atoms with van der Waals surface area (Å²) < 4.78 is 12.8. The Morgan fingerprint density at radius 2 is 2.14 bits per heavy atom. The molecule has 0 heterocycles. The summed E-state index contributed by atoms with van der Waals surface area (Å²) >= 11 is 5.91. The monoisotopic (exact) mass is 217 g/mol. The van der Waals surface area contributed by atoms with Crippen molar-refractivity contribution < 1.29 is 9.23 Å². The van der Waals surface area contributed by atoms with E-state index in [1.165, 1.54) is 12.1 Å². The van der Waals surface area contributed by atoms with Crippen molar-refractivity contribution in [3.05, 3.63) is 34.6 Å². The summed E-state index contributed by atoms with van der Waals surface area (Å²) in [5.41, 5.74) is 0.505. The van der Waals surface area contributed by atoms with Gasteiger partial charge in [-0.3, -0.25) is 0 Å². The second kappa shape index (κ2) is 4.26. The van der Waals surface area contributed by atoms with E-state index in [1.54, 1.807) is 6.07 Å². The highest BCUT2D eigenvalue weighted by Crippen LogP contribution is 2.30. The Hall–Kier alpha value is -0.640. The first-order valence-corrected chi connectivity index (χ1v) is 4.62. The third-order valence-electron chi connectivity index (χ3n) is 2.10. The normalized spacial score (nSPS) is 11.8. The number of rotatable bonds is 3. The molecule has 0 aliphatic carbocycles. The van der Waals surface area contributed by atoms with Gasteiger partial charge in [0.15, 0.2) is 0 Å².